The van der Waals surface area contributed by atoms with E-state index in [2.05, 4.69) is 18.8 Å². The Morgan fingerprint density at radius 3 is 2.93 bits per heavy atom. The van der Waals surface area contributed by atoms with Crippen LogP contribution in [-0.2, 0) is 0 Å². The molecule has 0 aromatic heterocycles. The maximum Gasteiger partial charge on any atom is 0.335 e. The van der Waals surface area contributed by atoms with Gasteiger partial charge in [-0.3, -0.25) is 0 Å². The van der Waals surface area contributed by atoms with Crippen molar-refractivity contribution in [2.45, 2.75) is 19.8 Å². The molecule has 72 valence electrons. The molecule has 0 spiro atoms. The van der Waals surface area contributed by atoms with E-state index in [1.165, 1.54) is 0 Å². The summed E-state index contributed by atoms with van der Waals surface area (Å²) < 4.78 is 0. The van der Waals surface area contributed by atoms with Crippen LogP contribution in [0.25, 0.3) is 0 Å². The topological polar surface area (TPSA) is 37.3 Å². The van der Waals surface area contributed by atoms with Gasteiger partial charge < -0.3 is 5.11 Å². The highest BCUT2D eigenvalue weighted by Gasteiger charge is 2.00. The SMILES string of the molecule is CCCC#Cc1cccc(C(=O)O)c1. The van der Waals surface area contributed by atoms with Crippen LogP contribution in [0.3, 0.4) is 0 Å². The first kappa shape index (κ1) is 10.3. The van der Waals surface area contributed by atoms with Crippen molar-refractivity contribution in [3.63, 3.8) is 0 Å². The molecule has 0 radical (unpaired) electrons. The minimum Gasteiger partial charge on any atom is -0.478 e. The van der Waals surface area contributed by atoms with Crippen molar-refractivity contribution in [2.75, 3.05) is 0 Å². The molecule has 0 fully saturated rings. The molecule has 0 saturated heterocycles. The fourth-order valence-corrected chi connectivity index (χ4v) is 1.02. The molecule has 1 aromatic carbocycles. The predicted octanol–water partition coefficient (Wildman–Crippen LogP) is 2.54. The van der Waals surface area contributed by atoms with Crippen LogP contribution in [-0.4, -0.2) is 11.1 Å². The Balaban J connectivity index is 2.85. The molecule has 0 atom stereocenters. The lowest BCUT2D eigenvalue weighted by atomic mass is 10.1. The molecule has 0 bridgehead atoms. The standard InChI is InChI=1S/C12H12O2/c1-2-3-4-6-10-7-5-8-11(9-10)12(13)14/h5,7-9H,2-3H2,1H3,(H,13,14). The highest BCUT2D eigenvalue weighted by Crippen LogP contribution is 2.03. The third-order valence-electron chi connectivity index (χ3n) is 1.72. The van der Waals surface area contributed by atoms with Gasteiger partial charge in [0, 0.05) is 12.0 Å². The maximum atomic E-state index is 10.6. The Morgan fingerprint density at radius 1 is 1.50 bits per heavy atom. The Morgan fingerprint density at radius 2 is 2.29 bits per heavy atom. The second kappa shape index (κ2) is 5.08. The zero-order valence-electron chi connectivity index (χ0n) is 8.08. The van der Waals surface area contributed by atoms with E-state index in [0.29, 0.717) is 0 Å². The fraction of sp³-hybridized carbons (Fsp3) is 0.250. The molecule has 2 heteroatoms. The Bertz CT molecular complexity index is 383. The van der Waals surface area contributed by atoms with Gasteiger partial charge in [-0.05, 0) is 24.6 Å². The third-order valence-corrected chi connectivity index (χ3v) is 1.72. The van der Waals surface area contributed by atoms with E-state index in [-0.39, 0.29) is 5.56 Å². The normalized spacial score (nSPS) is 8.93. The number of rotatable bonds is 2. The molecular formula is C12H12O2. The van der Waals surface area contributed by atoms with Crippen LogP contribution in [0.5, 0.6) is 0 Å². The summed E-state index contributed by atoms with van der Waals surface area (Å²) in [6.07, 6.45) is 1.86. The Hall–Kier alpha value is -1.75. The van der Waals surface area contributed by atoms with Gasteiger partial charge in [-0.15, -0.1) is 0 Å². The third kappa shape index (κ3) is 2.95. The summed E-state index contributed by atoms with van der Waals surface area (Å²) in [5.41, 5.74) is 1.05. The van der Waals surface area contributed by atoms with Gasteiger partial charge in [-0.1, -0.05) is 24.8 Å². The van der Waals surface area contributed by atoms with Gasteiger partial charge in [-0.25, -0.2) is 4.79 Å². The van der Waals surface area contributed by atoms with Gasteiger partial charge in [-0.2, -0.15) is 0 Å². The summed E-state index contributed by atoms with van der Waals surface area (Å²) in [6.45, 7) is 2.06. The molecule has 0 amide bonds. The van der Waals surface area contributed by atoms with Gasteiger partial charge in [0.1, 0.15) is 0 Å². The smallest absolute Gasteiger partial charge is 0.335 e. The highest BCUT2D eigenvalue weighted by atomic mass is 16.4. The molecular weight excluding hydrogens is 176 g/mol. The molecule has 1 N–H and O–H groups in total. The molecule has 0 aliphatic rings. The van der Waals surface area contributed by atoms with Crippen LogP contribution >= 0.6 is 0 Å². The number of unbranched alkanes of at least 4 members (excludes halogenated alkanes) is 1. The van der Waals surface area contributed by atoms with E-state index < -0.39 is 5.97 Å². The first-order valence-electron chi connectivity index (χ1n) is 4.56. The van der Waals surface area contributed by atoms with Gasteiger partial charge >= 0.3 is 5.97 Å². The second-order valence-corrected chi connectivity index (χ2v) is 2.94. The molecule has 2 nitrogen and oxygen atoms in total. The molecule has 0 saturated carbocycles. The summed E-state index contributed by atoms with van der Waals surface area (Å²) in [6, 6.07) is 6.67. The number of hydrogen-bond donors (Lipinski definition) is 1. The van der Waals surface area contributed by atoms with E-state index in [4.69, 9.17) is 5.11 Å². The first-order chi connectivity index (χ1) is 6.74. The number of benzene rings is 1. The van der Waals surface area contributed by atoms with Crippen LogP contribution in [0.4, 0.5) is 0 Å². The maximum absolute atomic E-state index is 10.6. The van der Waals surface area contributed by atoms with E-state index >= 15 is 0 Å². The number of aromatic carboxylic acids is 1. The second-order valence-electron chi connectivity index (χ2n) is 2.94. The summed E-state index contributed by atoms with van der Waals surface area (Å²) in [5, 5.41) is 8.73. The summed E-state index contributed by atoms with van der Waals surface area (Å²) >= 11 is 0. The highest BCUT2D eigenvalue weighted by molar-refractivity contribution is 5.87. The minimum absolute atomic E-state index is 0.285. The molecule has 1 rings (SSSR count). The van der Waals surface area contributed by atoms with E-state index in [0.717, 1.165) is 18.4 Å². The number of carbonyl (C=O) groups is 1. The largest absolute Gasteiger partial charge is 0.478 e. The molecule has 14 heavy (non-hydrogen) atoms. The summed E-state index contributed by atoms with van der Waals surface area (Å²) in [5.74, 6) is 4.99. The molecule has 0 heterocycles. The number of hydrogen-bond acceptors (Lipinski definition) is 1. The van der Waals surface area contributed by atoms with Crippen molar-refractivity contribution in [3.05, 3.63) is 35.4 Å². The first-order valence-corrected chi connectivity index (χ1v) is 4.56. The minimum atomic E-state index is -0.913. The number of carboxylic acids is 1. The lowest BCUT2D eigenvalue weighted by molar-refractivity contribution is 0.0697. The van der Waals surface area contributed by atoms with Gasteiger partial charge in [0.2, 0.25) is 0 Å². The van der Waals surface area contributed by atoms with E-state index in [1.54, 1.807) is 18.2 Å². The van der Waals surface area contributed by atoms with Crippen LogP contribution in [0.15, 0.2) is 24.3 Å². The van der Waals surface area contributed by atoms with Gasteiger partial charge in [0.15, 0.2) is 0 Å². The Labute approximate surface area is 83.6 Å². The molecule has 1 aromatic rings. The average molecular weight is 188 g/mol. The van der Waals surface area contributed by atoms with Crippen molar-refractivity contribution in [2.24, 2.45) is 0 Å². The van der Waals surface area contributed by atoms with Gasteiger partial charge in [0.05, 0.1) is 5.56 Å². The lowest BCUT2D eigenvalue weighted by Crippen LogP contribution is -1.95. The summed E-state index contributed by atoms with van der Waals surface area (Å²) in [4.78, 5) is 10.6. The van der Waals surface area contributed by atoms with Gasteiger partial charge in [0.25, 0.3) is 0 Å². The number of carboxylic acid groups (broad SMARTS) is 1. The van der Waals surface area contributed by atoms with E-state index in [9.17, 15) is 4.79 Å². The monoisotopic (exact) mass is 188 g/mol. The van der Waals surface area contributed by atoms with Crippen LogP contribution in [0, 0.1) is 11.8 Å². The fourth-order valence-electron chi connectivity index (χ4n) is 1.02. The molecule has 0 unspecified atom stereocenters. The lowest BCUT2D eigenvalue weighted by Gasteiger charge is -1.94. The molecule has 0 aliphatic heterocycles. The van der Waals surface area contributed by atoms with Crippen LogP contribution in [0.2, 0.25) is 0 Å². The quantitative estimate of drug-likeness (QED) is 0.724. The molecule has 0 aliphatic carbocycles. The zero-order chi connectivity index (χ0) is 10.4. The van der Waals surface area contributed by atoms with Crippen molar-refractivity contribution in [1.82, 2.24) is 0 Å². The zero-order valence-corrected chi connectivity index (χ0v) is 8.08. The van der Waals surface area contributed by atoms with E-state index in [1.807, 2.05) is 6.07 Å². The van der Waals surface area contributed by atoms with Crippen LogP contribution < -0.4 is 0 Å². The van der Waals surface area contributed by atoms with Crippen LogP contribution in [0.1, 0.15) is 35.7 Å². The summed E-state index contributed by atoms with van der Waals surface area (Å²) in [7, 11) is 0. The Kier molecular flexibility index (Phi) is 3.75. The average Bonchev–Trinajstić information content (AvgIpc) is 2.19. The van der Waals surface area contributed by atoms with Crippen molar-refractivity contribution in [3.8, 4) is 11.8 Å². The predicted molar refractivity (Wildman–Crippen MR) is 55.2 cm³/mol. The van der Waals surface area contributed by atoms with Crippen molar-refractivity contribution >= 4 is 5.97 Å². The van der Waals surface area contributed by atoms with Crippen molar-refractivity contribution in [1.29, 1.82) is 0 Å². The van der Waals surface area contributed by atoms with Crippen molar-refractivity contribution < 1.29 is 9.90 Å².